The highest BCUT2D eigenvalue weighted by atomic mass is 16.6. The predicted molar refractivity (Wildman–Crippen MR) is 135 cm³/mol. The molecular formula is C29H26N2O6. The van der Waals surface area contributed by atoms with E-state index >= 15 is 0 Å². The van der Waals surface area contributed by atoms with Gasteiger partial charge >= 0.3 is 12.1 Å². The molecular weight excluding hydrogens is 472 g/mol. The quantitative estimate of drug-likeness (QED) is 0.360. The molecule has 0 bridgehead atoms. The summed E-state index contributed by atoms with van der Waals surface area (Å²) in [5.41, 5.74) is 4.23. The summed E-state index contributed by atoms with van der Waals surface area (Å²) in [6.07, 6.45) is 1.73. The summed E-state index contributed by atoms with van der Waals surface area (Å²) < 4.78 is 16.9. The third-order valence-electron chi connectivity index (χ3n) is 6.23. The van der Waals surface area contributed by atoms with Crippen LogP contribution < -0.4 is 4.74 Å². The molecule has 2 heterocycles. The number of hydrogen-bond donors (Lipinski definition) is 1. The van der Waals surface area contributed by atoms with Gasteiger partial charge in [0.15, 0.2) is 0 Å². The van der Waals surface area contributed by atoms with E-state index in [1.807, 2.05) is 78.9 Å². The molecule has 1 aromatic heterocycles. The van der Waals surface area contributed by atoms with E-state index in [9.17, 15) is 14.7 Å². The predicted octanol–water partition coefficient (Wildman–Crippen LogP) is 5.11. The number of fused-ring (bicyclic) bond motifs is 1. The third kappa shape index (κ3) is 5.81. The standard InChI is InChI=1S/C29H26N2O6/c32-28(33)26-16-22-11-12-25(35-14-13-24-19-36-27(30-24)21-9-5-2-6-10-21)15-23(22)17-31(26)29(34)37-18-20-7-3-1-4-8-20/h1-12,15,19,26H,13-14,16-18H2,(H,32,33). The van der Waals surface area contributed by atoms with Gasteiger partial charge in [0, 0.05) is 18.4 Å². The SMILES string of the molecule is O=C(O)C1Cc2ccc(OCCc3coc(-c4ccccc4)n3)cc2CN1C(=O)OCc1ccccc1. The van der Waals surface area contributed by atoms with Crippen LogP contribution in [0.2, 0.25) is 0 Å². The molecule has 1 atom stereocenters. The fraction of sp³-hybridized carbons (Fsp3) is 0.207. The molecule has 0 aliphatic carbocycles. The number of carbonyl (C=O) groups excluding carboxylic acids is 1. The Morgan fingerprint density at radius 1 is 1.00 bits per heavy atom. The smallest absolute Gasteiger partial charge is 0.411 e. The number of aliphatic carboxylic acids is 1. The normalized spacial score (nSPS) is 14.6. The van der Waals surface area contributed by atoms with E-state index in [0.717, 1.165) is 27.9 Å². The first-order valence-corrected chi connectivity index (χ1v) is 12.0. The van der Waals surface area contributed by atoms with Crippen molar-refractivity contribution in [3.05, 3.63) is 108 Å². The summed E-state index contributed by atoms with van der Waals surface area (Å²) in [6, 6.07) is 23.5. The largest absolute Gasteiger partial charge is 0.493 e. The van der Waals surface area contributed by atoms with Gasteiger partial charge in [-0.05, 0) is 41.0 Å². The van der Waals surface area contributed by atoms with Crippen LogP contribution in [0.4, 0.5) is 4.79 Å². The Morgan fingerprint density at radius 2 is 1.76 bits per heavy atom. The zero-order valence-corrected chi connectivity index (χ0v) is 20.1. The van der Waals surface area contributed by atoms with Gasteiger partial charge in [0.1, 0.15) is 24.7 Å². The topological polar surface area (TPSA) is 102 Å². The number of benzene rings is 3. The molecule has 1 aliphatic heterocycles. The number of ether oxygens (including phenoxy) is 2. The van der Waals surface area contributed by atoms with Gasteiger partial charge in [-0.2, -0.15) is 0 Å². The number of oxazole rings is 1. The molecule has 1 N–H and O–H groups in total. The van der Waals surface area contributed by atoms with Crippen LogP contribution in [-0.4, -0.2) is 39.7 Å². The van der Waals surface area contributed by atoms with Gasteiger partial charge in [-0.25, -0.2) is 14.6 Å². The zero-order chi connectivity index (χ0) is 25.6. The first-order valence-electron chi connectivity index (χ1n) is 12.0. The molecule has 4 aromatic rings. The van der Waals surface area contributed by atoms with Gasteiger partial charge < -0.3 is 19.0 Å². The van der Waals surface area contributed by atoms with Crippen LogP contribution in [0.25, 0.3) is 11.5 Å². The second-order valence-electron chi connectivity index (χ2n) is 8.77. The Labute approximate surface area is 214 Å². The number of amides is 1. The Balaban J connectivity index is 1.21. The molecule has 0 radical (unpaired) electrons. The Morgan fingerprint density at radius 3 is 2.51 bits per heavy atom. The van der Waals surface area contributed by atoms with Crippen LogP contribution in [0.3, 0.4) is 0 Å². The van der Waals surface area contributed by atoms with Crippen molar-refractivity contribution in [2.45, 2.75) is 32.0 Å². The Kier molecular flexibility index (Phi) is 7.16. The van der Waals surface area contributed by atoms with Gasteiger partial charge in [-0.1, -0.05) is 54.6 Å². The maximum atomic E-state index is 12.8. The molecule has 8 nitrogen and oxygen atoms in total. The van der Waals surface area contributed by atoms with Crippen molar-refractivity contribution in [2.24, 2.45) is 0 Å². The maximum Gasteiger partial charge on any atom is 0.411 e. The summed E-state index contributed by atoms with van der Waals surface area (Å²) in [5.74, 6) is 0.138. The molecule has 3 aromatic carbocycles. The molecule has 0 saturated heterocycles. The fourth-order valence-electron chi connectivity index (χ4n) is 4.27. The Hall–Kier alpha value is -4.59. The van der Waals surface area contributed by atoms with Crippen molar-refractivity contribution >= 4 is 12.1 Å². The maximum absolute atomic E-state index is 12.8. The second-order valence-corrected chi connectivity index (χ2v) is 8.77. The van der Waals surface area contributed by atoms with Gasteiger partial charge in [0.05, 0.1) is 18.8 Å². The molecule has 0 saturated carbocycles. The van der Waals surface area contributed by atoms with Crippen LogP contribution >= 0.6 is 0 Å². The van der Waals surface area contributed by atoms with E-state index in [2.05, 4.69) is 4.98 Å². The van der Waals surface area contributed by atoms with Crippen LogP contribution in [0.1, 0.15) is 22.4 Å². The van der Waals surface area contributed by atoms with E-state index in [4.69, 9.17) is 13.9 Å². The number of hydrogen-bond acceptors (Lipinski definition) is 6. The zero-order valence-electron chi connectivity index (χ0n) is 20.1. The average Bonchev–Trinajstić information content (AvgIpc) is 3.41. The van der Waals surface area contributed by atoms with Crippen molar-refractivity contribution < 1.29 is 28.6 Å². The molecule has 1 amide bonds. The van der Waals surface area contributed by atoms with Crippen molar-refractivity contribution in [1.29, 1.82) is 0 Å². The van der Waals surface area contributed by atoms with E-state index in [0.29, 0.717) is 24.7 Å². The minimum absolute atomic E-state index is 0.0759. The highest BCUT2D eigenvalue weighted by Gasteiger charge is 2.35. The second kappa shape index (κ2) is 11.0. The number of rotatable bonds is 8. The molecule has 0 fully saturated rings. The third-order valence-corrected chi connectivity index (χ3v) is 6.23. The van der Waals surface area contributed by atoms with Crippen LogP contribution in [0.15, 0.2) is 89.5 Å². The number of aromatic nitrogens is 1. The first kappa shape index (κ1) is 24.1. The highest BCUT2D eigenvalue weighted by Crippen LogP contribution is 2.28. The van der Waals surface area contributed by atoms with Gasteiger partial charge in [-0.15, -0.1) is 0 Å². The molecule has 8 heteroatoms. The summed E-state index contributed by atoms with van der Waals surface area (Å²) in [5, 5.41) is 9.73. The van der Waals surface area contributed by atoms with Gasteiger partial charge in [0.25, 0.3) is 0 Å². The summed E-state index contributed by atoms with van der Waals surface area (Å²) in [6.45, 7) is 0.591. The lowest BCUT2D eigenvalue weighted by Gasteiger charge is -2.33. The van der Waals surface area contributed by atoms with E-state index < -0.39 is 18.1 Å². The number of nitrogens with zero attached hydrogens (tertiary/aromatic N) is 2. The molecule has 1 unspecified atom stereocenters. The van der Waals surface area contributed by atoms with E-state index in [-0.39, 0.29) is 19.6 Å². The van der Waals surface area contributed by atoms with Crippen LogP contribution in [-0.2, 0) is 35.5 Å². The summed E-state index contributed by atoms with van der Waals surface area (Å²) in [4.78, 5) is 30.5. The Bertz CT molecular complexity index is 1370. The first-order chi connectivity index (χ1) is 18.1. The number of carbonyl (C=O) groups is 2. The number of carboxylic acid groups (broad SMARTS) is 1. The van der Waals surface area contributed by atoms with Crippen LogP contribution in [0, 0.1) is 0 Å². The van der Waals surface area contributed by atoms with Crippen molar-refractivity contribution in [3.8, 4) is 17.2 Å². The van der Waals surface area contributed by atoms with Crippen LogP contribution in [0.5, 0.6) is 5.75 Å². The van der Waals surface area contributed by atoms with Crippen molar-refractivity contribution in [3.63, 3.8) is 0 Å². The molecule has 0 spiro atoms. The lowest BCUT2D eigenvalue weighted by atomic mass is 9.94. The minimum atomic E-state index is -1.06. The van der Waals surface area contributed by atoms with E-state index in [1.165, 1.54) is 4.90 Å². The molecule has 1 aliphatic rings. The fourth-order valence-corrected chi connectivity index (χ4v) is 4.27. The molecule has 188 valence electrons. The van der Waals surface area contributed by atoms with Crippen molar-refractivity contribution in [1.82, 2.24) is 9.88 Å². The summed E-state index contributed by atoms with van der Waals surface area (Å²) >= 11 is 0. The number of carboxylic acids is 1. The van der Waals surface area contributed by atoms with Crippen molar-refractivity contribution in [2.75, 3.05) is 6.61 Å². The average molecular weight is 499 g/mol. The lowest BCUT2D eigenvalue weighted by Crippen LogP contribution is -2.48. The van der Waals surface area contributed by atoms with E-state index in [1.54, 1.807) is 6.26 Å². The summed E-state index contributed by atoms with van der Waals surface area (Å²) in [7, 11) is 0. The molecule has 37 heavy (non-hydrogen) atoms. The highest BCUT2D eigenvalue weighted by molar-refractivity contribution is 5.81. The minimum Gasteiger partial charge on any atom is -0.493 e. The van der Waals surface area contributed by atoms with Gasteiger partial charge in [-0.3, -0.25) is 4.90 Å². The monoisotopic (exact) mass is 498 g/mol. The lowest BCUT2D eigenvalue weighted by molar-refractivity contribution is -0.143. The molecule has 5 rings (SSSR count). The van der Waals surface area contributed by atoms with Gasteiger partial charge in [0.2, 0.25) is 5.89 Å².